The Hall–Kier alpha value is -4.51. The topological polar surface area (TPSA) is 96.4 Å². The van der Waals surface area contributed by atoms with Gasteiger partial charge in [0.2, 0.25) is 11.8 Å². The Bertz CT molecular complexity index is 1440. The van der Waals surface area contributed by atoms with Crippen molar-refractivity contribution in [3.63, 3.8) is 0 Å². The van der Waals surface area contributed by atoms with Gasteiger partial charge in [0.25, 0.3) is 0 Å². The number of phenolic OH excluding ortho intramolecular Hbond substituents is 1. The predicted octanol–water partition coefficient (Wildman–Crippen LogP) is 3.41. The number of benzene rings is 3. The Morgan fingerprint density at radius 2 is 1.73 bits per heavy atom. The zero-order valence-corrected chi connectivity index (χ0v) is 22.7. The van der Waals surface area contributed by atoms with Crippen molar-refractivity contribution in [2.45, 2.75) is 38.1 Å². The number of carbonyl (C=O) groups is 3. The minimum atomic E-state index is -1.00. The first-order chi connectivity index (χ1) is 19.6. The van der Waals surface area contributed by atoms with Gasteiger partial charge in [0.15, 0.2) is 0 Å². The van der Waals surface area contributed by atoms with Crippen molar-refractivity contribution in [2.24, 2.45) is 0 Å². The van der Waals surface area contributed by atoms with Gasteiger partial charge in [-0.05, 0) is 36.2 Å². The quantitative estimate of drug-likeness (QED) is 0.479. The lowest BCUT2D eigenvalue weighted by atomic mass is 9.96. The number of piperazine rings is 1. The standard InChI is InChI=1S/C30H31F2N5O4/c1-19(24-13-10-22(31)15-25(24)32)35-17-27-36(26(29(35)40)14-20-8-11-23(38)12-9-20)28(39)18-34(2)37(27)30(41)33-16-21-6-4-3-5-7-21/h3-13,15,19,26-27,38H,14,16-18H2,1-2H3,(H,33,41)/t19-,26+,27?/m1/s1. The lowest BCUT2D eigenvalue weighted by Crippen LogP contribution is -2.76. The number of aromatic hydroxyl groups is 1. The summed E-state index contributed by atoms with van der Waals surface area (Å²) < 4.78 is 28.5. The highest BCUT2D eigenvalue weighted by atomic mass is 19.1. The van der Waals surface area contributed by atoms with Crippen molar-refractivity contribution in [2.75, 3.05) is 20.1 Å². The Labute approximate surface area is 236 Å². The van der Waals surface area contributed by atoms with Crippen LogP contribution in [0, 0.1) is 11.6 Å². The molecule has 0 spiro atoms. The van der Waals surface area contributed by atoms with Crippen LogP contribution in [0.15, 0.2) is 72.8 Å². The van der Waals surface area contributed by atoms with Crippen LogP contribution in [-0.2, 0) is 22.6 Å². The molecule has 2 fully saturated rings. The van der Waals surface area contributed by atoms with Crippen molar-refractivity contribution < 1.29 is 28.3 Å². The Balaban J connectivity index is 1.50. The maximum absolute atomic E-state index is 14.8. The molecule has 2 saturated heterocycles. The average Bonchev–Trinajstić information content (AvgIpc) is 2.94. The molecule has 3 aromatic rings. The second-order valence-electron chi connectivity index (χ2n) is 10.3. The zero-order chi connectivity index (χ0) is 29.3. The number of phenols is 1. The van der Waals surface area contributed by atoms with E-state index in [1.54, 1.807) is 26.1 Å². The van der Waals surface area contributed by atoms with E-state index < -0.39 is 41.8 Å². The number of urea groups is 1. The number of halogens is 2. The van der Waals surface area contributed by atoms with E-state index in [1.807, 2.05) is 30.3 Å². The molecule has 0 aliphatic carbocycles. The summed E-state index contributed by atoms with van der Waals surface area (Å²) >= 11 is 0. The third kappa shape index (κ3) is 5.71. The van der Waals surface area contributed by atoms with Crippen molar-refractivity contribution in [1.82, 2.24) is 25.1 Å². The fraction of sp³-hybridized carbons (Fsp3) is 0.300. The molecule has 214 valence electrons. The van der Waals surface area contributed by atoms with Gasteiger partial charge in [0.05, 0.1) is 19.1 Å². The largest absolute Gasteiger partial charge is 0.508 e. The molecule has 2 N–H and O–H groups in total. The highest BCUT2D eigenvalue weighted by Gasteiger charge is 2.51. The van der Waals surface area contributed by atoms with Crippen LogP contribution >= 0.6 is 0 Å². The van der Waals surface area contributed by atoms with Gasteiger partial charge in [-0.1, -0.05) is 48.5 Å². The third-order valence-corrected chi connectivity index (χ3v) is 7.63. The van der Waals surface area contributed by atoms with Crippen LogP contribution in [0.1, 0.15) is 29.7 Å². The first kappa shape index (κ1) is 28.0. The number of hydrogen-bond acceptors (Lipinski definition) is 5. The number of rotatable bonds is 6. The van der Waals surface area contributed by atoms with Crippen molar-refractivity contribution in [1.29, 1.82) is 0 Å². The molecular weight excluding hydrogens is 532 g/mol. The van der Waals surface area contributed by atoms with E-state index in [9.17, 15) is 28.3 Å². The normalized spacial score (nSPS) is 20.1. The van der Waals surface area contributed by atoms with Gasteiger partial charge in [-0.25, -0.2) is 23.6 Å². The van der Waals surface area contributed by atoms with E-state index in [2.05, 4.69) is 5.32 Å². The Kier molecular flexibility index (Phi) is 7.89. The molecule has 5 rings (SSSR count). The fourth-order valence-electron chi connectivity index (χ4n) is 5.53. The fourth-order valence-corrected chi connectivity index (χ4v) is 5.53. The van der Waals surface area contributed by atoms with E-state index in [4.69, 9.17) is 0 Å². The van der Waals surface area contributed by atoms with E-state index in [0.29, 0.717) is 5.56 Å². The first-order valence-corrected chi connectivity index (χ1v) is 13.3. The van der Waals surface area contributed by atoms with Crippen molar-refractivity contribution >= 4 is 17.8 Å². The molecule has 1 unspecified atom stereocenters. The van der Waals surface area contributed by atoms with Crippen LogP contribution in [0.4, 0.5) is 13.6 Å². The molecule has 0 aromatic heterocycles. The van der Waals surface area contributed by atoms with E-state index in [0.717, 1.165) is 17.7 Å². The summed E-state index contributed by atoms with van der Waals surface area (Å²) in [5.74, 6) is -2.23. The van der Waals surface area contributed by atoms with Gasteiger partial charge in [-0.2, -0.15) is 0 Å². The predicted molar refractivity (Wildman–Crippen MR) is 146 cm³/mol. The molecule has 2 heterocycles. The van der Waals surface area contributed by atoms with Crippen LogP contribution in [-0.4, -0.2) is 75.1 Å². The molecule has 3 aromatic carbocycles. The molecule has 4 amide bonds. The second kappa shape index (κ2) is 11.5. The average molecular weight is 564 g/mol. The van der Waals surface area contributed by atoms with Crippen molar-refractivity contribution in [3.05, 3.63) is 101 Å². The number of nitrogens with one attached hydrogen (secondary N) is 1. The molecule has 2 aliphatic heterocycles. The molecule has 11 heteroatoms. The number of carbonyl (C=O) groups excluding carboxylic acids is 3. The number of nitrogens with zero attached hydrogens (tertiary/aromatic N) is 4. The van der Waals surface area contributed by atoms with Gasteiger partial charge in [-0.3, -0.25) is 9.59 Å². The molecule has 0 saturated carbocycles. The lowest BCUT2D eigenvalue weighted by Gasteiger charge is -2.55. The lowest BCUT2D eigenvalue weighted by molar-refractivity contribution is -0.189. The number of amides is 4. The Morgan fingerprint density at radius 1 is 1.02 bits per heavy atom. The molecule has 9 nitrogen and oxygen atoms in total. The molecule has 0 radical (unpaired) electrons. The van der Waals surface area contributed by atoms with E-state index >= 15 is 0 Å². The van der Waals surface area contributed by atoms with Crippen LogP contribution in [0.5, 0.6) is 5.75 Å². The Morgan fingerprint density at radius 3 is 2.41 bits per heavy atom. The number of hydrogen-bond donors (Lipinski definition) is 2. The van der Waals surface area contributed by atoms with Crippen LogP contribution in [0.2, 0.25) is 0 Å². The molecular formula is C30H31F2N5O4. The van der Waals surface area contributed by atoms with Gasteiger partial charge in [-0.15, -0.1) is 0 Å². The van der Waals surface area contributed by atoms with E-state index in [1.165, 1.54) is 38.0 Å². The number of likely N-dealkylation sites (N-methyl/N-ethyl adjacent to an activating group) is 1. The van der Waals surface area contributed by atoms with Crippen LogP contribution < -0.4 is 5.32 Å². The smallest absolute Gasteiger partial charge is 0.334 e. The SMILES string of the molecule is C[C@H](c1ccc(F)cc1F)N1CC2N(C(=O)CN(C)N2C(=O)NCc2ccccc2)[C@@H](Cc2ccc(O)cc2)C1=O. The third-order valence-electron chi connectivity index (χ3n) is 7.63. The monoisotopic (exact) mass is 563 g/mol. The van der Waals surface area contributed by atoms with Gasteiger partial charge in [0.1, 0.15) is 29.6 Å². The minimum absolute atomic E-state index is 0.0561. The molecule has 41 heavy (non-hydrogen) atoms. The van der Waals surface area contributed by atoms with Gasteiger partial charge >= 0.3 is 6.03 Å². The molecule has 2 aliphatic rings. The maximum Gasteiger partial charge on any atom is 0.334 e. The number of fused-ring (bicyclic) bond motifs is 1. The minimum Gasteiger partial charge on any atom is -0.508 e. The van der Waals surface area contributed by atoms with Gasteiger partial charge in [0, 0.05) is 31.6 Å². The summed E-state index contributed by atoms with van der Waals surface area (Å²) in [6, 6.07) is 16.6. The zero-order valence-electron chi connectivity index (χ0n) is 22.7. The van der Waals surface area contributed by atoms with Crippen LogP contribution in [0.3, 0.4) is 0 Å². The van der Waals surface area contributed by atoms with Gasteiger partial charge < -0.3 is 20.2 Å². The molecule has 3 atom stereocenters. The maximum atomic E-state index is 14.8. The summed E-state index contributed by atoms with van der Waals surface area (Å²) in [7, 11) is 1.62. The van der Waals surface area contributed by atoms with Crippen molar-refractivity contribution in [3.8, 4) is 5.75 Å². The summed E-state index contributed by atoms with van der Waals surface area (Å²) in [6.45, 7) is 1.67. The number of hydrazine groups is 1. The second-order valence-corrected chi connectivity index (χ2v) is 10.3. The summed E-state index contributed by atoms with van der Waals surface area (Å²) in [5.41, 5.74) is 1.70. The molecule has 0 bridgehead atoms. The highest BCUT2D eigenvalue weighted by Crippen LogP contribution is 2.33. The summed E-state index contributed by atoms with van der Waals surface area (Å²) in [6.07, 6.45) is -0.776. The van der Waals surface area contributed by atoms with Crippen LogP contribution in [0.25, 0.3) is 0 Å². The van der Waals surface area contributed by atoms with E-state index in [-0.39, 0.29) is 43.3 Å². The highest BCUT2D eigenvalue weighted by molar-refractivity contribution is 5.92. The first-order valence-electron chi connectivity index (χ1n) is 13.3. The summed E-state index contributed by atoms with van der Waals surface area (Å²) in [5, 5.41) is 15.6. The summed E-state index contributed by atoms with van der Waals surface area (Å²) in [4.78, 5) is 43.9.